The SMILES string of the molecule is COc1cc(SC(N)=O)ccc1N. The molecule has 1 amide bonds. The summed E-state index contributed by atoms with van der Waals surface area (Å²) in [5, 5.41) is -0.452. The normalized spacial score (nSPS) is 9.62. The number of methoxy groups -OCH3 is 1. The van der Waals surface area contributed by atoms with Crippen LogP contribution in [-0.4, -0.2) is 12.3 Å². The molecule has 0 heterocycles. The number of anilines is 1. The van der Waals surface area contributed by atoms with Gasteiger partial charge < -0.3 is 16.2 Å². The van der Waals surface area contributed by atoms with Gasteiger partial charge in [0.2, 0.25) is 0 Å². The third-order valence-corrected chi connectivity index (χ3v) is 2.11. The Balaban J connectivity index is 2.92. The Bertz CT molecular complexity index is 328. The second-order valence-corrected chi connectivity index (χ2v) is 3.40. The molecule has 1 aromatic rings. The van der Waals surface area contributed by atoms with Gasteiger partial charge in [-0.1, -0.05) is 0 Å². The summed E-state index contributed by atoms with van der Waals surface area (Å²) in [6, 6.07) is 5.06. The molecule has 1 rings (SSSR count). The van der Waals surface area contributed by atoms with E-state index < -0.39 is 5.24 Å². The number of hydrogen-bond donors (Lipinski definition) is 2. The lowest BCUT2D eigenvalue weighted by Gasteiger charge is -2.05. The highest BCUT2D eigenvalue weighted by Gasteiger charge is 2.03. The van der Waals surface area contributed by atoms with E-state index in [4.69, 9.17) is 16.2 Å². The molecule has 13 heavy (non-hydrogen) atoms. The number of carbonyl (C=O) groups excluding carboxylic acids is 1. The third kappa shape index (κ3) is 2.55. The molecule has 4 nitrogen and oxygen atoms in total. The molecule has 0 aromatic heterocycles. The first-order chi connectivity index (χ1) is 6.13. The zero-order chi connectivity index (χ0) is 9.84. The molecule has 0 unspecified atom stereocenters. The molecule has 5 heteroatoms. The highest BCUT2D eigenvalue weighted by atomic mass is 32.2. The minimum atomic E-state index is -0.452. The van der Waals surface area contributed by atoms with Gasteiger partial charge in [-0.15, -0.1) is 0 Å². The fraction of sp³-hybridized carbons (Fsp3) is 0.125. The van der Waals surface area contributed by atoms with Crippen molar-refractivity contribution in [2.24, 2.45) is 5.73 Å². The molecule has 1 aromatic carbocycles. The fourth-order valence-electron chi connectivity index (χ4n) is 0.871. The Morgan fingerprint density at radius 2 is 2.23 bits per heavy atom. The second kappa shape index (κ2) is 4.04. The summed E-state index contributed by atoms with van der Waals surface area (Å²) < 4.78 is 4.98. The average Bonchev–Trinajstić information content (AvgIpc) is 2.07. The van der Waals surface area contributed by atoms with E-state index in [9.17, 15) is 4.79 Å². The van der Waals surface area contributed by atoms with E-state index in [2.05, 4.69) is 0 Å². The van der Waals surface area contributed by atoms with E-state index in [1.165, 1.54) is 7.11 Å². The van der Waals surface area contributed by atoms with Crippen LogP contribution in [0.4, 0.5) is 10.5 Å². The molecule has 0 aliphatic carbocycles. The van der Waals surface area contributed by atoms with Gasteiger partial charge in [0.05, 0.1) is 12.8 Å². The molecule has 0 saturated carbocycles. The number of hydrogen-bond acceptors (Lipinski definition) is 4. The van der Waals surface area contributed by atoms with Gasteiger partial charge in [-0.2, -0.15) is 0 Å². The van der Waals surface area contributed by atoms with Crippen LogP contribution in [0.1, 0.15) is 0 Å². The largest absolute Gasteiger partial charge is 0.495 e. The number of primary amides is 1. The van der Waals surface area contributed by atoms with Gasteiger partial charge in [0.15, 0.2) is 0 Å². The van der Waals surface area contributed by atoms with Crippen LogP contribution in [0.25, 0.3) is 0 Å². The van der Waals surface area contributed by atoms with Crippen LogP contribution in [0.3, 0.4) is 0 Å². The molecule has 0 aliphatic heterocycles. The van der Waals surface area contributed by atoms with E-state index in [0.29, 0.717) is 11.4 Å². The summed E-state index contributed by atoms with van der Waals surface area (Å²) >= 11 is 0.940. The lowest BCUT2D eigenvalue weighted by Crippen LogP contribution is -2.01. The molecule has 0 fully saturated rings. The molecule has 4 N–H and O–H groups in total. The number of benzene rings is 1. The predicted molar refractivity (Wildman–Crippen MR) is 52.8 cm³/mol. The van der Waals surface area contributed by atoms with Gasteiger partial charge in [0.1, 0.15) is 5.75 Å². The van der Waals surface area contributed by atoms with Gasteiger partial charge in [0, 0.05) is 4.90 Å². The minimum absolute atomic E-state index is 0.452. The van der Waals surface area contributed by atoms with Crippen molar-refractivity contribution in [1.82, 2.24) is 0 Å². The topological polar surface area (TPSA) is 78.3 Å². The average molecular weight is 198 g/mol. The van der Waals surface area contributed by atoms with Gasteiger partial charge in [0.25, 0.3) is 5.24 Å². The van der Waals surface area contributed by atoms with Crippen LogP contribution in [0.2, 0.25) is 0 Å². The smallest absolute Gasteiger partial charge is 0.281 e. The minimum Gasteiger partial charge on any atom is -0.495 e. The van der Waals surface area contributed by atoms with Gasteiger partial charge >= 0.3 is 0 Å². The summed E-state index contributed by atoms with van der Waals surface area (Å²) in [6.07, 6.45) is 0. The van der Waals surface area contributed by atoms with Crippen molar-refractivity contribution in [3.63, 3.8) is 0 Å². The number of rotatable bonds is 2. The first-order valence-corrected chi connectivity index (χ1v) is 4.36. The van der Waals surface area contributed by atoms with Crippen molar-refractivity contribution < 1.29 is 9.53 Å². The molecule has 0 atom stereocenters. The molecular weight excluding hydrogens is 188 g/mol. The standard InChI is InChI=1S/C8H10N2O2S/c1-12-7-4-5(13-8(10)11)2-3-6(7)9/h2-4H,9H2,1H3,(H2,10,11). The molecule has 0 spiro atoms. The number of carbonyl (C=O) groups is 1. The first-order valence-electron chi connectivity index (χ1n) is 3.54. The molecule has 0 saturated heterocycles. The zero-order valence-corrected chi connectivity index (χ0v) is 7.93. The van der Waals surface area contributed by atoms with E-state index in [1.807, 2.05) is 0 Å². The van der Waals surface area contributed by atoms with E-state index in [-0.39, 0.29) is 0 Å². The van der Waals surface area contributed by atoms with Crippen LogP contribution < -0.4 is 16.2 Å². The maximum absolute atomic E-state index is 10.6. The van der Waals surface area contributed by atoms with Crippen molar-refractivity contribution >= 4 is 22.7 Å². The quantitative estimate of drug-likeness (QED) is 0.557. The highest BCUT2D eigenvalue weighted by Crippen LogP contribution is 2.27. The van der Waals surface area contributed by atoms with Gasteiger partial charge in [-0.25, -0.2) is 0 Å². The Morgan fingerprint density at radius 3 is 2.77 bits per heavy atom. The van der Waals surface area contributed by atoms with Crippen molar-refractivity contribution in [3.8, 4) is 5.75 Å². The fourth-order valence-corrected chi connectivity index (χ4v) is 1.41. The Hall–Kier alpha value is -1.36. The first kappa shape index (κ1) is 9.73. The number of nitrogen functional groups attached to an aromatic ring is 1. The van der Waals surface area contributed by atoms with Crippen molar-refractivity contribution in [2.75, 3.05) is 12.8 Å². The van der Waals surface area contributed by atoms with Crippen molar-refractivity contribution in [1.29, 1.82) is 0 Å². The summed E-state index contributed by atoms with van der Waals surface area (Å²) in [4.78, 5) is 11.3. The molecule has 0 radical (unpaired) electrons. The summed E-state index contributed by atoms with van der Waals surface area (Å²) in [5.41, 5.74) is 11.1. The monoisotopic (exact) mass is 198 g/mol. The molecular formula is C8H10N2O2S. The van der Waals surface area contributed by atoms with Crippen molar-refractivity contribution in [3.05, 3.63) is 18.2 Å². The second-order valence-electron chi connectivity index (χ2n) is 2.32. The molecule has 70 valence electrons. The highest BCUT2D eigenvalue weighted by molar-refractivity contribution is 8.13. The van der Waals surface area contributed by atoms with Crippen LogP contribution in [0, 0.1) is 0 Å². The Kier molecular flexibility index (Phi) is 3.02. The predicted octanol–water partition coefficient (Wildman–Crippen LogP) is 1.45. The lowest BCUT2D eigenvalue weighted by molar-refractivity contribution is 0.267. The van der Waals surface area contributed by atoms with Crippen LogP contribution >= 0.6 is 11.8 Å². The Labute approximate surface area is 80.2 Å². The zero-order valence-electron chi connectivity index (χ0n) is 7.11. The number of thioether (sulfide) groups is 1. The van der Waals surface area contributed by atoms with E-state index in [1.54, 1.807) is 18.2 Å². The van der Waals surface area contributed by atoms with Gasteiger partial charge in [-0.3, -0.25) is 4.79 Å². The van der Waals surface area contributed by atoms with Crippen LogP contribution in [-0.2, 0) is 0 Å². The molecule has 0 aliphatic rings. The van der Waals surface area contributed by atoms with E-state index in [0.717, 1.165) is 16.7 Å². The molecule has 0 bridgehead atoms. The van der Waals surface area contributed by atoms with E-state index >= 15 is 0 Å². The van der Waals surface area contributed by atoms with Gasteiger partial charge in [-0.05, 0) is 30.0 Å². The summed E-state index contributed by atoms with van der Waals surface area (Å²) in [6.45, 7) is 0. The maximum atomic E-state index is 10.6. The number of amides is 1. The van der Waals surface area contributed by atoms with Crippen LogP contribution in [0.5, 0.6) is 5.75 Å². The summed E-state index contributed by atoms with van der Waals surface area (Å²) in [5.74, 6) is 0.547. The number of nitrogens with two attached hydrogens (primary N) is 2. The lowest BCUT2D eigenvalue weighted by atomic mass is 10.3. The number of ether oxygens (including phenoxy) is 1. The summed E-state index contributed by atoms with van der Waals surface area (Å²) in [7, 11) is 1.52. The third-order valence-electron chi connectivity index (χ3n) is 1.42. The van der Waals surface area contributed by atoms with Crippen LogP contribution in [0.15, 0.2) is 23.1 Å². The van der Waals surface area contributed by atoms with Crippen molar-refractivity contribution in [2.45, 2.75) is 4.90 Å². The Morgan fingerprint density at radius 1 is 1.54 bits per heavy atom. The maximum Gasteiger partial charge on any atom is 0.281 e.